The Kier molecular flexibility index (Phi) is 12.4. The van der Waals surface area contributed by atoms with E-state index < -0.39 is 98.9 Å². The number of allylic oxidation sites excluding steroid dienone is 1. The summed E-state index contributed by atoms with van der Waals surface area (Å²) in [5, 5.41) is 12.9. The number of alkyl halides is 3. The van der Waals surface area contributed by atoms with Crippen molar-refractivity contribution >= 4 is 44.9 Å². The van der Waals surface area contributed by atoms with Gasteiger partial charge in [0.15, 0.2) is 5.69 Å². The number of para-hydroxylation sites is 2. The molecule has 4 N–H and O–H groups in total. The molecule has 4 amide bonds. The molecule has 3 aliphatic carbocycles. The molecule has 1 aromatic heterocycles. The van der Waals surface area contributed by atoms with Crippen LogP contribution in [0.4, 0.5) is 18.0 Å². The molecule has 0 spiro atoms. The second kappa shape index (κ2) is 16.8. The van der Waals surface area contributed by atoms with Crippen molar-refractivity contribution in [2.45, 2.75) is 125 Å². The number of nitrogens with zero attached hydrogens (tertiary/aromatic N) is 3. The molecule has 19 heteroatoms. The number of carbonyl (C=O) groups excluding carboxylic acids is 3. The first-order valence-electron chi connectivity index (χ1n) is 19.4. The second-order valence-corrected chi connectivity index (χ2v) is 17.6. The highest BCUT2D eigenvalue weighted by molar-refractivity contribution is 7.91. The van der Waals surface area contributed by atoms with Crippen molar-refractivity contribution in [2.75, 3.05) is 19.7 Å². The molecule has 1 saturated heterocycles. The van der Waals surface area contributed by atoms with Crippen LogP contribution in [0.1, 0.15) is 90.2 Å². The van der Waals surface area contributed by atoms with Gasteiger partial charge in [-0.05, 0) is 63.7 Å². The number of carbonyl (C=O) groups is 4. The highest BCUT2D eigenvalue weighted by atomic mass is 32.2. The summed E-state index contributed by atoms with van der Waals surface area (Å²) in [6.45, 7) is 2.03. The number of benzene rings is 1. The van der Waals surface area contributed by atoms with Gasteiger partial charge in [0.05, 0.1) is 35.5 Å². The van der Waals surface area contributed by atoms with Gasteiger partial charge in [-0.25, -0.2) is 27.6 Å². The Hall–Kier alpha value is -4.52. The van der Waals surface area contributed by atoms with Crippen LogP contribution in [-0.2, 0) is 35.1 Å². The number of carboxylic acid groups (broad SMARTS) is 1. The fourth-order valence-corrected chi connectivity index (χ4v) is 9.04. The lowest BCUT2D eigenvalue weighted by Gasteiger charge is -2.27. The third-order valence-corrected chi connectivity index (χ3v) is 12.8. The van der Waals surface area contributed by atoms with Crippen molar-refractivity contribution in [3.8, 4) is 5.88 Å². The van der Waals surface area contributed by atoms with Crippen molar-refractivity contribution < 1.29 is 55.3 Å². The van der Waals surface area contributed by atoms with E-state index in [1.807, 2.05) is 17.0 Å². The third kappa shape index (κ3) is 9.79. The van der Waals surface area contributed by atoms with E-state index in [-0.39, 0.29) is 43.0 Å². The highest BCUT2D eigenvalue weighted by Gasteiger charge is 2.66. The molecular weight excluding hydrogens is 774 g/mol. The summed E-state index contributed by atoms with van der Waals surface area (Å²) >= 11 is 0. The summed E-state index contributed by atoms with van der Waals surface area (Å²) in [5.41, 5.74) is -4.07. The summed E-state index contributed by atoms with van der Waals surface area (Å²) in [7, 11) is -4.09. The first-order chi connectivity index (χ1) is 27.0. The zero-order valence-corrected chi connectivity index (χ0v) is 32.7. The summed E-state index contributed by atoms with van der Waals surface area (Å²) in [6, 6.07) is 4.78. The predicted octanol–water partition coefficient (Wildman–Crippen LogP) is 4.25. The Morgan fingerprint density at radius 1 is 1.09 bits per heavy atom. The molecule has 57 heavy (non-hydrogen) atoms. The summed E-state index contributed by atoms with van der Waals surface area (Å²) < 4.78 is 87.0. The van der Waals surface area contributed by atoms with Gasteiger partial charge >= 0.3 is 12.0 Å². The first kappa shape index (κ1) is 42.1. The van der Waals surface area contributed by atoms with Crippen molar-refractivity contribution in [1.29, 1.82) is 0 Å². The number of rotatable bonds is 18. The van der Waals surface area contributed by atoms with Crippen LogP contribution in [0.3, 0.4) is 0 Å². The van der Waals surface area contributed by atoms with Gasteiger partial charge in [-0.2, -0.15) is 8.78 Å². The van der Waals surface area contributed by atoms with Gasteiger partial charge in [-0.1, -0.05) is 50.8 Å². The Morgan fingerprint density at radius 3 is 2.42 bits per heavy atom. The minimum atomic E-state index is -4.09. The van der Waals surface area contributed by atoms with Crippen LogP contribution in [0.25, 0.3) is 11.0 Å². The van der Waals surface area contributed by atoms with Crippen LogP contribution in [0.15, 0.2) is 36.4 Å². The molecule has 4 aliphatic rings. The molecule has 6 rings (SSSR count). The lowest BCUT2D eigenvalue weighted by molar-refractivity contribution is -0.139. The number of hydrogen-bond donors (Lipinski definition) is 4. The SMILES string of the molecule is CCCCC(F)[C@@H]1C[C@]1(NC(=O)[C@@H]1C[C@@](C)(Oc2nc3ccccc3nc2C(F)(F)/C=C/COC2CCCC2)CN1C(=O)CNC(=O)O)C(=O)NS(=O)(=O)C1CC1. The smallest absolute Gasteiger partial charge is 0.405 e. The minimum Gasteiger partial charge on any atom is -0.468 e. The molecule has 1 aliphatic heterocycles. The molecule has 2 heterocycles. The molecule has 4 fully saturated rings. The van der Waals surface area contributed by atoms with Gasteiger partial charge in [0.1, 0.15) is 29.9 Å². The molecule has 1 unspecified atom stereocenters. The third-order valence-electron chi connectivity index (χ3n) is 11.0. The zero-order valence-electron chi connectivity index (χ0n) is 31.8. The second-order valence-electron chi connectivity index (χ2n) is 15.7. The van der Waals surface area contributed by atoms with E-state index in [4.69, 9.17) is 9.47 Å². The number of sulfonamides is 1. The first-order valence-corrected chi connectivity index (χ1v) is 20.9. The van der Waals surface area contributed by atoms with Crippen molar-refractivity contribution in [3.63, 3.8) is 0 Å². The lowest BCUT2D eigenvalue weighted by atomic mass is 10.0. The van der Waals surface area contributed by atoms with E-state index in [9.17, 15) is 32.7 Å². The topological polar surface area (TPSA) is 206 Å². The van der Waals surface area contributed by atoms with Gasteiger partial charge in [0.25, 0.3) is 5.91 Å². The van der Waals surface area contributed by atoms with Gasteiger partial charge in [0.2, 0.25) is 27.7 Å². The van der Waals surface area contributed by atoms with E-state index in [1.165, 1.54) is 19.1 Å². The Labute approximate surface area is 328 Å². The average molecular weight is 823 g/mol. The number of halogens is 3. The molecule has 312 valence electrons. The lowest BCUT2D eigenvalue weighted by Crippen LogP contribution is -2.57. The fraction of sp³-hybridized carbons (Fsp3) is 0.632. The van der Waals surface area contributed by atoms with E-state index in [0.29, 0.717) is 31.8 Å². The number of amides is 4. The molecule has 3 saturated carbocycles. The van der Waals surface area contributed by atoms with Crippen LogP contribution in [-0.4, -0.2) is 107 Å². The standard InChI is InChI=1S/C38H49F3N6O9S/c1-3-4-12-26(39)25-19-37(25,34(50)46-57(53,54)24-15-16-24)45-32(49)29-20-36(2,22-47(29)30(48)21-42-35(51)52)56-33-31(43-27-13-7-8-14-28(27)44-33)38(40,41)17-9-18-55-23-10-5-6-11-23/h7-9,13-14,17,23-26,29,42H,3-6,10-12,15-16,18-22H2,1-2H3,(H,45,49)(H,46,50)(H,51,52)/b17-9+/t25-,26?,29-,36+,37+/m0/s1. The van der Waals surface area contributed by atoms with Crippen LogP contribution in [0, 0.1) is 5.92 Å². The van der Waals surface area contributed by atoms with Gasteiger partial charge < -0.3 is 30.1 Å². The van der Waals surface area contributed by atoms with Crippen LogP contribution in [0.2, 0.25) is 0 Å². The quantitative estimate of drug-likeness (QED) is 0.156. The molecular formula is C38H49F3N6O9S. The summed E-state index contributed by atoms with van der Waals surface area (Å²) in [4.78, 5) is 62.2. The van der Waals surface area contributed by atoms with E-state index in [2.05, 4.69) is 15.3 Å². The molecule has 0 radical (unpaired) electrons. The van der Waals surface area contributed by atoms with E-state index in [1.54, 1.807) is 18.2 Å². The van der Waals surface area contributed by atoms with Crippen molar-refractivity contribution in [3.05, 3.63) is 42.1 Å². The molecule has 2 aromatic rings. The van der Waals surface area contributed by atoms with Crippen molar-refractivity contribution in [2.24, 2.45) is 5.92 Å². The highest BCUT2D eigenvalue weighted by Crippen LogP contribution is 2.49. The van der Waals surface area contributed by atoms with Crippen molar-refractivity contribution in [1.82, 2.24) is 30.2 Å². The number of likely N-dealkylation sites (tertiary alicyclic amines) is 1. The Morgan fingerprint density at radius 2 is 1.77 bits per heavy atom. The summed E-state index contributed by atoms with van der Waals surface area (Å²) in [6.07, 6.45) is 3.76. The molecule has 1 aromatic carbocycles. The van der Waals surface area contributed by atoms with Crippen LogP contribution < -0.4 is 20.1 Å². The number of ether oxygens (including phenoxy) is 2. The van der Waals surface area contributed by atoms with Gasteiger partial charge in [0, 0.05) is 12.3 Å². The maximum absolute atomic E-state index is 16.0. The zero-order chi connectivity index (χ0) is 41.2. The Bertz CT molecular complexity index is 2000. The maximum Gasteiger partial charge on any atom is 0.405 e. The number of nitrogens with one attached hydrogen (secondary N) is 3. The largest absolute Gasteiger partial charge is 0.468 e. The number of fused-ring (bicyclic) bond motifs is 1. The van der Waals surface area contributed by atoms with E-state index >= 15 is 13.2 Å². The van der Waals surface area contributed by atoms with E-state index in [0.717, 1.165) is 30.6 Å². The average Bonchev–Trinajstić information content (AvgIpc) is 4.06. The number of hydrogen-bond acceptors (Lipinski definition) is 10. The Balaban J connectivity index is 1.28. The van der Waals surface area contributed by atoms with Crippen LogP contribution >= 0.6 is 0 Å². The normalized spacial score (nSPS) is 25.7. The number of unbranched alkanes of at least 4 members (excludes halogenated alkanes) is 1. The monoisotopic (exact) mass is 822 g/mol. The molecule has 5 atom stereocenters. The fourth-order valence-electron chi connectivity index (χ4n) is 7.68. The van der Waals surface area contributed by atoms with Gasteiger partial charge in [-0.3, -0.25) is 19.1 Å². The van der Waals surface area contributed by atoms with Gasteiger partial charge in [-0.15, -0.1) is 0 Å². The summed E-state index contributed by atoms with van der Waals surface area (Å²) in [5.74, 6) is -8.35. The molecule has 0 bridgehead atoms. The van der Waals surface area contributed by atoms with Crippen LogP contribution in [0.5, 0.6) is 5.88 Å². The number of aromatic nitrogens is 2. The maximum atomic E-state index is 16.0. The minimum absolute atomic E-state index is 0.00302. The molecule has 15 nitrogen and oxygen atoms in total. The predicted molar refractivity (Wildman–Crippen MR) is 199 cm³/mol.